The van der Waals surface area contributed by atoms with E-state index in [0.717, 1.165) is 11.3 Å². The predicted octanol–water partition coefficient (Wildman–Crippen LogP) is 4.49. The molecular formula is C17H12ClNO3S2. The molecule has 0 bridgehead atoms. The molecule has 1 aromatic heterocycles. The van der Waals surface area contributed by atoms with Gasteiger partial charge in [-0.15, -0.1) is 11.3 Å². The van der Waals surface area contributed by atoms with Gasteiger partial charge in [0.05, 0.1) is 9.77 Å². The zero-order chi connectivity index (χ0) is 17.2. The molecule has 0 unspecified atom stereocenters. The maximum absolute atomic E-state index is 12.6. The van der Waals surface area contributed by atoms with E-state index >= 15 is 0 Å². The van der Waals surface area contributed by atoms with Crippen LogP contribution in [0.15, 0.2) is 75.8 Å². The number of halogens is 1. The minimum Gasteiger partial charge on any atom is -0.321 e. The van der Waals surface area contributed by atoms with Gasteiger partial charge >= 0.3 is 0 Å². The van der Waals surface area contributed by atoms with E-state index in [1.54, 1.807) is 24.3 Å². The van der Waals surface area contributed by atoms with Crippen molar-refractivity contribution in [2.24, 2.45) is 0 Å². The molecule has 0 atom stereocenters. The Morgan fingerprint density at radius 3 is 2.25 bits per heavy atom. The van der Waals surface area contributed by atoms with Gasteiger partial charge in [-0.2, -0.15) is 0 Å². The lowest BCUT2D eigenvalue weighted by molar-refractivity contribution is 0.103. The van der Waals surface area contributed by atoms with Gasteiger partial charge in [-0.05, 0) is 48.5 Å². The number of anilines is 1. The second-order valence-corrected chi connectivity index (χ2v) is 8.59. The van der Waals surface area contributed by atoms with Gasteiger partial charge in [-0.3, -0.25) is 4.79 Å². The second kappa shape index (κ2) is 6.76. The Morgan fingerprint density at radius 1 is 0.917 bits per heavy atom. The molecule has 3 aromatic rings. The third-order valence-corrected chi connectivity index (χ3v) is 6.82. The van der Waals surface area contributed by atoms with Crippen molar-refractivity contribution < 1.29 is 13.2 Å². The Morgan fingerprint density at radius 2 is 1.58 bits per heavy atom. The molecule has 0 aliphatic carbocycles. The monoisotopic (exact) mass is 377 g/mol. The molecule has 0 spiro atoms. The predicted molar refractivity (Wildman–Crippen MR) is 95.6 cm³/mol. The SMILES string of the molecule is O=C(Nc1ccccc1)c1ccc(S(=O)(=O)c2ccc(Cl)cc2)s1. The van der Waals surface area contributed by atoms with Crippen molar-refractivity contribution in [1.82, 2.24) is 0 Å². The maximum Gasteiger partial charge on any atom is 0.265 e. The molecule has 3 rings (SSSR count). The molecule has 0 saturated heterocycles. The van der Waals surface area contributed by atoms with Crippen molar-refractivity contribution in [3.8, 4) is 0 Å². The number of amides is 1. The van der Waals surface area contributed by atoms with Gasteiger partial charge in [0.2, 0.25) is 9.84 Å². The number of sulfone groups is 1. The quantitative estimate of drug-likeness (QED) is 0.728. The lowest BCUT2D eigenvalue weighted by Gasteiger charge is -2.03. The highest BCUT2D eigenvalue weighted by atomic mass is 35.5. The summed E-state index contributed by atoms with van der Waals surface area (Å²) in [7, 11) is -3.66. The largest absolute Gasteiger partial charge is 0.321 e. The number of carbonyl (C=O) groups is 1. The van der Waals surface area contributed by atoms with E-state index < -0.39 is 9.84 Å². The Labute approximate surface area is 148 Å². The summed E-state index contributed by atoms with van der Waals surface area (Å²) in [4.78, 5) is 12.7. The molecule has 0 radical (unpaired) electrons. The van der Waals surface area contributed by atoms with Crippen LogP contribution in [-0.2, 0) is 9.84 Å². The maximum atomic E-state index is 12.6. The molecule has 0 aliphatic rings. The van der Waals surface area contributed by atoms with Crippen LogP contribution in [0.3, 0.4) is 0 Å². The number of rotatable bonds is 4. The van der Waals surface area contributed by atoms with Crippen LogP contribution in [0.2, 0.25) is 5.02 Å². The summed E-state index contributed by atoms with van der Waals surface area (Å²) in [5, 5.41) is 3.19. The molecule has 0 aliphatic heterocycles. The highest BCUT2D eigenvalue weighted by molar-refractivity contribution is 7.93. The highest BCUT2D eigenvalue weighted by Crippen LogP contribution is 2.29. The minimum absolute atomic E-state index is 0.114. The number of nitrogens with one attached hydrogen (secondary N) is 1. The van der Waals surface area contributed by atoms with Crippen LogP contribution in [0.25, 0.3) is 0 Å². The number of benzene rings is 2. The van der Waals surface area contributed by atoms with Crippen molar-refractivity contribution in [2.45, 2.75) is 9.10 Å². The van der Waals surface area contributed by atoms with Crippen molar-refractivity contribution >= 4 is 44.4 Å². The van der Waals surface area contributed by atoms with Crippen molar-refractivity contribution in [1.29, 1.82) is 0 Å². The van der Waals surface area contributed by atoms with Crippen LogP contribution < -0.4 is 5.32 Å². The zero-order valence-corrected chi connectivity index (χ0v) is 14.7. The van der Waals surface area contributed by atoms with Crippen LogP contribution in [0.4, 0.5) is 5.69 Å². The van der Waals surface area contributed by atoms with E-state index in [1.165, 1.54) is 36.4 Å². The minimum atomic E-state index is -3.66. The first-order chi connectivity index (χ1) is 11.5. The van der Waals surface area contributed by atoms with E-state index in [9.17, 15) is 13.2 Å². The second-order valence-electron chi connectivity index (χ2n) is 4.90. The van der Waals surface area contributed by atoms with Gasteiger partial charge in [0, 0.05) is 10.7 Å². The summed E-state index contributed by atoms with van der Waals surface area (Å²) in [6.45, 7) is 0. The molecule has 24 heavy (non-hydrogen) atoms. The summed E-state index contributed by atoms with van der Waals surface area (Å²) in [5.41, 5.74) is 0.651. The van der Waals surface area contributed by atoms with Crippen LogP contribution in [-0.4, -0.2) is 14.3 Å². The molecule has 1 amide bonds. The molecule has 0 saturated carbocycles. The van der Waals surface area contributed by atoms with Gasteiger partial charge < -0.3 is 5.32 Å². The third kappa shape index (κ3) is 3.51. The molecular weight excluding hydrogens is 366 g/mol. The summed E-state index contributed by atoms with van der Waals surface area (Å²) < 4.78 is 25.3. The summed E-state index contributed by atoms with van der Waals surface area (Å²) >= 11 is 6.72. The number of carbonyl (C=O) groups excluding carboxylic acids is 1. The Bertz CT molecular complexity index is 965. The molecule has 1 N–H and O–H groups in total. The first-order valence-electron chi connectivity index (χ1n) is 6.94. The lowest BCUT2D eigenvalue weighted by atomic mass is 10.3. The Balaban J connectivity index is 1.84. The molecule has 2 aromatic carbocycles. The number of thiophene rings is 1. The Hall–Kier alpha value is -2.15. The van der Waals surface area contributed by atoms with Gasteiger partial charge in [0.1, 0.15) is 4.21 Å². The van der Waals surface area contributed by atoms with E-state index in [2.05, 4.69) is 5.32 Å². The Kier molecular flexibility index (Phi) is 4.71. The van der Waals surface area contributed by atoms with Crippen LogP contribution >= 0.6 is 22.9 Å². The summed E-state index contributed by atoms with van der Waals surface area (Å²) in [6.07, 6.45) is 0. The van der Waals surface area contributed by atoms with Gasteiger partial charge in [-0.1, -0.05) is 29.8 Å². The van der Waals surface area contributed by atoms with Gasteiger partial charge in [-0.25, -0.2) is 8.42 Å². The fourth-order valence-corrected chi connectivity index (χ4v) is 4.76. The molecule has 0 fully saturated rings. The molecule has 122 valence electrons. The fourth-order valence-electron chi connectivity index (χ4n) is 2.03. The van der Waals surface area contributed by atoms with Crippen LogP contribution in [0.5, 0.6) is 0 Å². The summed E-state index contributed by atoms with van der Waals surface area (Å²) in [5.74, 6) is -0.344. The van der Waals surface area contributed by atoms with Crippen molar-refractivity contribution in [3.63, 3.8) is 0 Å². The standard InChI is InChI=1S/C17H12ClNO3S2/c18-12-6-8-14(9-7-12)24(21,22)16-11-10-15(23-16)17(20)19-13-4-2-1-3-5-13/h1-11H,(H,19,20). The number of para-hydroxylation sites is 1. The van der Waals surface area contributed by atoms with Gasteiger partial charge in [0.15, 0.2) is 0 Å². The first kappa shape index (κ1) is 16.7. The third-order valence-electron chi connectivity index (χ3n) is 3.23. The fraction of sp³-hybridized carbons (Fsp3) is 0. The topological polar surface area (TPSA) is 63.2 Å². The first-order valence-corrected chi connectivity index (χ1v) is 9.61. The van der Waals surface area contributed by atoms with Crippen LogP contribution in [0, 0.1) is 0 Å². The van der Waals surface area contributed by atoms with E-state index in [-0.39, 0.29) is 15.0 Å². The van der Waals surface area contributed by atoms with E-state index in [4.69, 9.17) is 11.6 Å². The number of hydrogen-bond acceptors (Lipinski definition) is 4. The zero-order valence-electron chi connectivity index (χ0n) is 12.3. The highest BCUT2D eigenvalue weighted by Gasteiger charge is 2.21. The van der Waals surface area contributed by atoms with E-state index in [0.29, 0.717) is 15.6 Å². The average molecular weight is 378 g/mol. The molecule has 7 heteroatoms. The molecule has 4 nitrogen and oxygen atoms in total. The smallest absolute Gasteiger partial charge is 0.265 e. The summed E-state index contributed by atoms with van der Waals surface area (Å²) in [6, 6.07) is 17.9. The molecule has 1 heterocycles. The van der Waals surface area contributed by atoms with Crippen molar-refractivity contribution in [3.05, 3.63) is 76.6 Å². The average Bonchev–Trinajstić information content (AvgIpc) is 3.07. The normalized spacial score (nSPS) is 11.2. The van der Waals surface area contributed by atoms with Crippen molar-refractivity contribution in [2.75, 3.05) is 5.32 Å². The number of hydrogen-bond donors (Lipinski definition) is 1. The lowest BCUT2D eigenvalue weighted by Crippen LogP contribution is -2.09. The van der Waals surface area contributed by atoms with Gasteiger partial charge in [0.25, 0.3) is 5.91 Å². The van der Waals surface area contributed by atoms with E-state index in [1.807, 2.05) is 6.07 Å². The van der Waals surface area contributed by atoms with Crippen LogP contribution in [0.1, 0.15) is 9.67 Å².